The largest absolute Gasteiger partial charge is 0.334 e. The van der Waals surface area contributed by atoms with E-state index in [0.29, 0.717) is 24.0 Å². The minimum atomic E-state index is 0.166. The molecule has 3 aliphatic heterocycles. The number of aryl methyl sites for hydroxylation is 1. The zero-order valence-corrected chi connectivity index (χ0v) is 15.0. The molecule has 3 saturated heterocycles. The fraction of sp³-hybridized carbons (Fsp3) is 0.450. The number of ketones is 1. The Kier molecular flexibility index (Phi) is 3.67. The monoisotopic (exact) mass is 349 g/mol. The van der Waals surface area contributed by atoms with E-state index in [9.17, 15) is 4.79 Å². The fourth-order valence-electron chi connectivity index (χ4n) is 4.67. The third kappa shape index (κ3) is 2.56. The second kappa shape index (κ2) is 6.06. The third-order valence-electron chi connectivity index (χ3n) is 6.15. The van der Waals surface area contributed by atoms with E-state index in [1.165, 1.54) is 25.9 Å². The van der Waals surface area contributed by atoms with Gasteiger partial charge in [-0.25, -0.2) is 4.98 Å². The Bertz CT molecular complexity index is 964. The number of carbonyl (C=O) groups is 1. The van der Waals surface area contributed by atoms with Gasteiger partial charge in [-0.3, -0.25) is 9.89 Å². The Hall–Kier alpha value is -2.47. The van der Waals surface area contributed by atoms with Crippen LogP contribution in [0.5, 0.6) is 0 Å². The van der Waals surface area contributed by atoms with E-state index in [0.717, 1.165) is 28.8 Å². The standard InChI is InChI=1S/C20H23N5O/c1-24-9-6-21-20(24)14-2-3-16-17(10-14)22-23-19(16)18(26)11-15-12-25-7-4-13(15)5-8-25/h2-3,6,9-10,13,15H,4-5,7-8,11-12H2,1H3,(H,22,23)/t15-/m0/s1. The summed E-state index contributed by atoms with van der Waals surface area (Å²) in [7, 11) is 1.97. The molecule has 2 bridgehead atoms. The van der Waals surface area contributed by atoms with Crippen LogP contribution in [0.1, 0.15) is 29.8 Å². The van der Waals surface area contributed by atoms with E-state index in [2.05, 4.69) is 20.1 Å². The van der Waals surface area contributed by atoms with Crippen LogP contribution in [0.25, 0.3) is 22.3 Å². The summed E-state index contributed by atoms with van der Waals surface area (Å²) in [5.41, 5.74) is 2.50. The summed E-state index contributed by atoms with van der Waals surface area (Å²) in [5, 5.41) is 8.31. The van der Waals surface area contributed by atoms with Crippen LogP contribution in [0.4, 0.5) is 0 Å². The highest BCUT2D eigenvalue weighted by molar-refractivity contribution is 6.06. The zero-order chi connectivity index (χ0) is 17.7. The number of hydrogen-bond acceptors (Lipinski definition) is 4. The minimum absolute atomic E-state index is 0.166. The molecule has 0 aliphatic carbocycles. The van der Waals surface area contributed by atoms with E-state index in [-0.39, 0.29) is 5.78 Å². The number of Topliss-reactive ketones (excluding diaryl/α,β-unsaturated/α-hetero) is 1. The van der Waals surface area contributed by atoms with Crippen LogP contribution in [0.3, 0.4) is 0 Å². The Balaban J connectivity index is 1.41. The van der Waals surface area contributed by atoms with Crippen LogP contribution in [-0.2, 0) is 7.05 Å². The molecule has 6 heteroatoms. The van der Waals surface area contributed by atoms with Crippen LogP contribution in [-0.4, -0.2) is 50.1 Å². The first-order valence-corrected chi connectivity index (χ1v) is 9.40. The topological polar surface area (TPSA) is 66.8 Å². The van der Waals surface area contributed by atoms with Crippen molar-refractivity contribution < 1.29 is 4.79 Å². The first kappa shape index (κ1) is 15.8. The molecule has 3 aromatic rings. The Morgan fingerprint density at radius 1 is 1.31 bits per heavy atom. The summed E-state index contributed by atoms with van der Waals surface area (Å²) >= 11 is 0. The normalized spacial score (nSPS) is 25.0. The van der Waals surface area contributed by atoms with Gasteiger partial charge in [-0.2, -0.15) is 5.10 Å². The van der Waals surface area contributed by atoms with E-state index in [1.54, 1.807) is 6.20 Å². The lowest BCUT2D eigenvalue weighted by molar-refractivity contribution is 0.0440. The number of aromatic amines is 1. The van der Waals surface area contributed by atoms with Crippen molar-refractivity contribution in [3.63, 3.8) is 0 Å². The van der Waals surface area contributed by atoms with E-state index in [4.69, 9.17) is 0 Å². The van der Waals surface area contributed by atoms with Crippen LogP contribution in [0, 0.1) is 11.8 Å². The molecular weight excluding hydrogens is 326 g/mol. The quantitative estimate of drug-likeness (QED) is 0.736. The lowest BCUT2D eigenvalue weighted by Crippen LogP contribution is -2.47. The number of H-pyrrole nitrogens is 1. The van der Waals surface area contributed by atoms with Gasteiger partial charge in [0.05, 0.1) is 5.52 Å². The molecule has 0 unspecified atom stereocenters. The fourth-order valence-corrected chi connectivity index (χ4v) is 4.67. The number of nitrogens with one attached hydrogen (secondary N) is 1. The molecule has 0 saturated carbocycles. The first-order chi connectivity index (χ1) is 12.7. The molecule has 5 heterocycles. The molecular formula is C20H23N5O. The smallest absolute Gasteiger partial charge is 0.184 e. The number of rotatable bonds is 4. The molecule has 3 aliphatic rings. The molecule has 0 radical (unpaired) electrons. The number of imidazole rings is 1. The van der Waals surface area contributed by atoms with Crippen molar-refractivity contribution >= 4 is 16.7 Å². The summed E-state index contributed by atoms with van der Waals surface area (Å²) in [6.07, 6.45) is 6.81. The van der Waals surface area contributed by atoms with Crippen molar-refractivity contribution in [2.45, 2.75) is 19.3 Å². The molecule has 0 spiro atoms. The van der Waals surface area contributed by atoms with Crippen molar-refractivity contribution in [2.75, 3.05) is 19.6 Å². The predicted octanol–water partition coefficient (Wildman–Crippen LogP) is 2.88. The minimum Gasteiger partial charge on any atom is -0.334 e. The van der Waals surface area contributed by atoms with E-state index < -0.39 is 0 Å². The number of nitrogens with zero attached hydrogens (tertiary/aromatic N) is 4. The molecule has 6 rings (SSSR count). The van der Waals surface area contributed by atoms with Crippen LogP contribution in [0.2, 0.25) is 0 Å². The zero-order valence-electron chi connectivity index (χ0n) is 15.0. The van der Waals surface area contributed by atoms with Crippen LogP contribution >= 0.6 is 0 Å². The number of fused-ring (bicyclic) bond motifs is 4. The van der Waals surface area contributed by atoms with Gasteiger partial charge in [0.1, 0.15) is 11.5 Å². The molecule has 26 heavy (non-hydrogen) atoms. The number of benzene rings is 1. The molecule has 1 N–H and O–H groups in total. The highest BCUT2D eigenvalue weighted by Gasteiger charge is 2.35. The molecule has 6 nitrogen and oxygen atoms in total. The lowest BCUT2D eigenvalue weighted by atomic mass is 9.76. The molecule has 0 amide bonds. The maximum atomic E-state index is 12.9. The number of carbonyl (C=O) groups excluding carboxylic acids is 1. The lowest BCUT2D eigenvalue weighted by Gasteiger charge is -2.44. The van der Waals surface area contributed by atoms with Crippen LogP contribution in [0.15, 0.2) is 30.6 Å². The van der Waals surface area contributed by atoms with Gasteiger partial charge in [-0.1, -0.05) is 6.07 Å². The average molecular weight is 349 g/mol. The average Bonchev–Trinajstić information content (AvgIpc) is 3.28. The maximum Gasteiger partial charge on any atom is 0.184 e. The van der Waals surface area contributed by atoms with Crippen molar-refractivity contribution in [2.24, 2.45) is 18.9 Å². The number of hydrogen-bond donors (Lipinski definition) is 1. The van der Waals surface area contributed by atoms with E-state index >= 15 is 0 Å². The Morgan fingerprint density at radius 3 is 2.85 bits per heavy atom. The SMILES string of the molecule is Cn1ccnc1-c1ccc2c(C(=O)C[C@H]3CN4CCC3CC4)n[nH]c2c1. The molecule has 3 fully saturated rings. The van der Waals surface area contributed by atoms with E-state index in [1.807, 2.05) is 36.0 Å². The molecule has 1 aromatic carbocycles. The number of aromatic nitrogens is 4. The number of piperidine rings is 3. The predicted molar refractivity (Wildman–Crippen MR) is 99.9 cm³/mol. The van der Waals surface area contributed by atoms with Crippen molar-refractivity contribution in [3.8, 4) is 11.4 Å². The summed E-state index contributed by atoms with van der Waals surface area (Å²) in [4.78, 5) is 19.8. The highest BCUT2D eigenvalue weighted by atomic mass is 16.1. The van der Waals surface area contributed by atoms with Gasteiger partial charge in [-0.15, -0.1) is 0 Å². The van der Waals surface area contributed by atoms with Crippen molar-refractivity contribution in [1.29, 1.82) is 0 Å². The van der Waals surface area contributed by atoms with Gasteiger partial charge in [0, 0.05) is 43.4 Å². The van der Waals surface area contributed by atoms with Crippen molar-refractivity contribution in [1.82, 2.24) is 24.6 Å². The summed E-state index contributed by atoms with van der Waals surface area (Å²) in [6, 6.07) is 6.04. The first-order valence-electron chi connectivity index (χ1n) is 9.40. The summed E-state index contributed by atoms with van der Waals surface area (Å²) in [6.45, 7) is 3.48. The van der Waals surface area contributed by atoms with Gasteiger partial charge >= 0.3 is 0 Å². The van der Waals surface area contributed by atoms with Crippen molar-refractivity contribution in [3.05, 3.63) is 36.3 Å². The molecule has 2 aromatic heterocycles. The second-order valence-electron chi connectivity index (χ2n) is 7.72. The summed E-state index contributed by atoms with van der Waals surface area (Å²) in [5.74, 6) is 2.27. The van der Waals surface area contributed by atoms with Crippen LogP contribution < -0.4 is 0 Å². The second-order valence-corrected chi connectivity index (χ2v) is 7.72. The third-order valence-corrected chi connectivity index (χ3v) is 6.15. The van der Waals surface area contributed by atoms with Gasteiger partial charge in [0.25, 0.3) is 0 Å². The van der Waals surface area contributed by atoms with Gasteiger partial charge in [0.2, 0.25) is 0 Å². The highest BCUT2D eigenvalue weighted by Crippen LogP contribution is 2.35. The van der Waals surface area contributed by atoms with Gasteiger partial charge < -0.3 is 9.47 Å². The van der Waals surface area contributed by atoms with Gasteiger partial charge in [0.15, 0.2) is 5.78 Å². The summed E-state index contributed by atoms with van der Waals surface area (Å²) < 4.78 is 1.98. The maximum absolute atomic E-state index is 12.9. The Labute approximate surface area is 152 Å². The van der Waals surface area contributed by atoms with Gasteiger partial charge in [-0.05, 0) is 49.9 Å². The molecule has 1 atom stereocenters. The molecule has 134 valence electrons. The Morgan fingerprint density at radius 2 is 2.15 bits per heavy atom.